The van der Waals surface area contributed by atoms with E-state index < -0.39 is 0 Å². The van der Waals surface area contributed by atoms with Crippen LogP contribution in [0.15, 0.2) is 43.0 Å². The average molecular weight is 248 g/mol. The Labute approximate surface area is 111 Å². The van der Waals surface area contributed by atoms with Gasteiger partial charge in [0.2, 0.25) is 0 Å². The number of hydrogen-bond donors (Lipinski definition) is 0. The lowest BCUT2D eigenvalue weighted by molar-refractivity contribution is 0.0978. The molecule has 0 bridgehead atoms. The van der Waals surface area contributed by atoms with Crippen LogP contribution >= 0.6 is 0 Å². The molecule has 2 aromatic rings. The van der Waals surface area contributed by atoms with Crippen LogP contribution in [0.2, 0.25) is 0 Å². The van der Waals surface area contributed by atoms with Crippen LogP contribution < -0.4 is 0 Å². The lowest BCUT2D eigenvalue weighted by Crippen LogP contribution is -2.23. The van der Waals surface area contributed by atoms with Crippen LogP contribution in [0.25, 0.3) is 6.08 Å². The minimum absolute atomic E-state index is 0.0774. The summed E-state index contributed by atoms with van der Waals surface area (Å²) in [4.78, 5) is 25.1. The fourth-order valence-electron chi connectivity index (χ4n) is 2.58. The van der Waals surface area contributed by atoms with E-state index in [1.54, 1.807) is 30.3 Å². The number of carbonyl (C=O) groups is 2. The average Bonchev–Trinajstić information content (AvgIpc) is 2.44. The molecule has 2 heteroatoms. The van der Waals surface area contributed by atoms with E-state index in [0.717, 1.165) is 5.56 Å². The Kier molecular flexibility index (Phi) is 2.46. The van der Waals surface area contributed by atoms with Gasteiger partial charge in [0.25, 0.3) is 0 Å². The van der Waals surface area contributed by atoms with Crippen molar-refractivity contribution in [3.8, 4) is 0 Å². The molecule has 1 aliphatic carbocycles. The molecule has 0 saturated carbocycles. The van der Waals surface area contributed by atoms with Crippen molar-refractivity contribution in [1.29, 1.82) is 0 Å². The molecule has 0 saturated heterocycles. The summed E-state index contributed by atoms with van der Waals surface area (Å²) in [6.07, 6.45) is 1.62. The SMILES string of the molecule is C=Cc1ccc(C)c2c1C(=O)c1ccccc1C2=O. The van der Waals surface area contributed by atoms with Gasteiger partial charge in [-0.25, -0.2) is 0 Å². The van der Waals surface area contributed by atoms with Gasteiger partial charge in [0, 0.05) is 22.3 Å². The van der Waals surface area contributed by atoms with E-state index in [-0.39, 0.29) is 11.6 Å². The van der Waals surface area contributed by atoms with Gasteiger partial charge in [-0.1, -0.05) is 49.1 Å². The van der Waals surface area contributed by atoms with Crippen molar-refractivity contribution < 1.29 is 9.59 Å². The number of rotatable bonds is 1. The number of ketones is 2. The zero-order valence-electron chi connectivity index (χ0n) is 10.6. The van der Waals surface area contributed by atoms with Crippen LogP contribution in [0.4, 0.5) is 0 Å². The summed E-state index contributed by atoms with van der Waals surface area (Å²) < 4.78 is 0. The zero-order valence-corrected chi connectivity index (χ0v) is 10.6. The highest BCUT2D eigenvalue weighted by atomic mass is 16.1. The molecule has 0 aliphatic heterocycles. The highest BCUT2D eigenvalue weighted by Gasteiger charge is 2.31. The molecule has 0 unspecified atom stereocenters. The van der Waals surface area contributed by atoms with E-state index in [2.05, 4.69) is 6.58 Å². The summed E-state index contributed by atoms with van der Waals surface area (Å²) in [5.74, 6) is -0.171. The van der Waals surface area contributed by atoms with Gasteiger partial charge in [-0.15, -0.1) is 0 Å². The van der Waals surface area contributed by atoms with Gasteiger partial charge in [0.1, 0.15) is 0 Å². The van der Waals surface area contributed by atoms with Gasteiger partial charge >= 0.3 is 0 Å². The van der Waals surface area contributed by atoms with E-state index in [1.165, 1.54) is 0 Å². The van der Waals surface area contributed by atoms with Crippen LogP contribution in [0, 0.1) is 6.92 Å². The quantitative estimate of drug-likeness (QED) is 0.661. The molecule has 0 radical (unpaired) electrons. The first-order valence-corrected chi connectivity index (χ1v) is 6.09. The molecule has 3 rings (SSSR count). The maximum absolute atomic E-state index is 12.6. The molecule has 1 aliphatic rings. The molecule has 2 aromatic carbocycles. The standard InChI is InChI=1S/C17H12O2/c1-3-11-9-8-10(2)14-15(11)17(19)13-7-5-4-6-12(13)16(14)18/h3-9H,1H2,2H3. The summed E-state index contributed by atoms with van der Waals surface area (Å²) in [5, 5.41) is 0. The first-order valence-electron chi connectivity index (χ1n) is 6.09. The molecule has 92 valence electrons. The maximum Gasteiger partial charge on any atom is 0.195 e. The fourth-order valence-corrected chi connectivity index (χ4v) is 2.58. The zero-order chi connectivity index (χ0) is 13.6. The van der Waals surface area contributed by atoms with Gasteiger partial charge in [-0.05, 0) is 18.1 Å². The van der Waals surface area contributed by atoms with Crippen LogP contribution in [0.1, 0.15) is 43.0 Å². The molecule has 0 heterocycles. The molecular weight excluding hydrogens is 236 g/mol. The first-order chi connectivity index (χ1) is 9.15. The van der Waals surface area contributed by atoms with Crippen molar-refractivity contribution in [3.63, 3.8) is 0 Å². The van der Waals surface area contributed by atoms with Crippen molar-refractivity contribution in [1.82, 2.24) is 0 Å². The predicted octanol–water partition coefficient (Wildman–Crippen LogP) is 3.41. The van der Waals surface area contributed by atoms with Crippen molar-refractivity contribution in [2.75, 3.05) is 0 Å². The van der Waals surface area contributed by atoms with E-state index in [0.29, 0.717) is 27.8 Å². The summed E-state index contributed by atoms with van der Waals surface area (Å²) in [6, 6.07) is 10.7. The fraction of sp³-hybridized carbons (Fsp3) is 0.0588. The Morgan fingerprint density at radius 3 is 2.05 bits per heavy atom. The molecule has 0 amide bonds. The van der Waals surface area contributed by atoms with E-state index >= 15 is 0 Å². The van der Waals surface area contributed by atoms with Gasteiger partial charge in [-0.2, -0.15) is 0 Å². The summed E-state index contributed by atoms with van der Waals surface area (Å²) in [6.45, 7) is 5.57. The number of hydrogen-bond acceptors (Lipinski definition) is 2. The Morgan fingerprint density at radius 1 is 0.895 bits per heavy atom. The van der Waals surface area contributed by atoms with Crippen LogP contribution in [-0.2, 0) is 0 Å². The highest BCUT2D eigenvalue weighted by Crippen LogP contribution is 2.31. The Morgan fingerprint density at radius 2 is 1.47 bits per heavy atom. The molecule has 0 aromatic heterocycles. The molecule has 0 fully saturated rings. The van der Waals surface area contributed by atoms with Crippen LogP contribution in [-0.4, -0.2) is 11.6 Å². The maximum atomic E-state index is 12.6. The molecular formula is C17H12O2. The number of benzene rings is 2. The number of fused-ring (bicyclic) bond motifs is 2. The van der Waals surface area contributed by atoms with Gasteiger partial charge < -0.3 is 0 Å². The molecule has 2 nitrogen and oxygen atoms in total. The second-order valence-corrected chi connectivity index (χ2v) is 4.63. The van der Waals surface area contributed by atoms with Crippen molar-refractivity contribution in [2.24, 2.45) is 0 Å². The van der Waals surface area contributed by atoms with Crippen LogP contribution in [0.5, 0.6) is 0 Å². The van der Waals surface area contributed by atoms with Crippen molar-refractivity contribution >= 4 is 17.6 Å². The third-order valence-corrected chi connectivity index (χ3v) is 3.54. The Balaban J connectivity index is 2.42. The van der Waals surface area contributed by atoms with Crippen molar-refractivity contribution in [3.05, 3.63) is 76.4 Å². The van der Waals surface area contributed by atoms with E-state index in [4.69, 9.17) is 0 Å². The first kappa shape index (κ1) is 11.6. The lowest BCUT2D eigenvalue weighted by Gasteiger charge is -2.20. The minimum atomic E-state index is -0.0937. The summed E-state index contributed by atoms with van der Waals surface area (Å²) >= 11 is 0. The third kappa shape index (κ3) is 1.50. The number of aryl methyl sites for hydroxylation is 1. The minimum Gasteiger partial charge on any atom is -0.289 e. The highest BCUT2D eigenvalue weighted by molar-refractivity contribution is 6.29. The lowest BCUT2D eigenvalue weighted by atomic mass is 9.80. The third-order valence-electron chi connectivity index (χ3n) is 3.54. The molecule has 0 spiro atoms. The largest absolute Gasteiger partial charge is 0.289 e. The Hall–Kier alpha value is -2.48. The smallest absolute Gasteiger partial charge is 0.195 e. The normalized spacial score (nSPS) is 12.9. The number of carbonyl (C=O) groups excluding carboxylic acids is 2. The van der Waals surface area contributed by atoms with Crippen LogP contribution in [0.3, 0.4) is 0 Å². The molecule has 0 N–H and O–H groups in total. The van der Waals surface area contributed by atoms with Gasteiger partial charge in [-0.3, -0.25) is 9.59 Å². The molecule has 0 atom stereocenters. The van der Waals surface area contributed by atoms with Gasteiger partial charge in [0.05, 0.1) is 0 Å². The second-order valence-electron chi connectivity index (χ2n) is 4.63. The topological polar surface area (TPSA) is 34.1 Å². The monoisotopic (exact) mass is 248 g/mol. The predicted molar refractivity (Wildman–Crippen MR) is 74.6 cm³/mol. The Bertz CT molecular complexity index is 739. The van der Waals surface area contributed by atoms with Crippen molar-refractivity contribution in [2.45, 2.75) is 6.92 Å². The second kappa shape index (κ2) is 4.02. The molecule has 19 heavy (non-hydrogen) atoms. The van der Waals surface area contributed by atoms with E-state index in [1.807, 2.05) is 19.1 Å². The van der Waals surface area contributed by atoms with Gasteiger partial charge in [0.15, 0.2) is 11.6 Å². The summed E-state index contributed by atoms with van der Waals surface area (Å²) in [7, 11) is 0. The summed E-state index contributed by atoms with van der Waals surface area (Å²) in [5.41, 5.74) is 3.51. The van der Waals surface area contributed by atoms with E-state index in [9.17, 15) is 9.59 Å².